The molecule has 5 heteroatoms. The van der Waals surface area contributed by atoms with E-state index in [0.717, 1.165) is 5.56 Å². The zero-order chi connectivity index (χ0) is 19.2. The maximum Gasteiger partial charge on any atom is 0.272 e. The van der Waals surface area contributed by atoms with Gasteiger partial charge >= 0.3 is 0 Å². The minimum Gasteiger partial charge on any atom is -0.462 e. The number of hydrogen-bond donors (Lipinski definition) is 2. The molecule has 27 heavy (non-hydrogen) atoms. The normalized spacial score (nSPS) is 11.1. The van der Waals surface area contributed by atoms with Crippen molar-refractivity contribution in [1.82, 2.24) is 5.32 Å². The Morgan fingerprint density at radius 1 is 0.889 bits per heavy atom. The number of nitrogens with one attached hydrogen (secondary N) is 2. The highest BCUT2D eigenvalue weighted by Gasteiger charge is 2.15. The Balaban J connectivity index is 1.85. The van der Waals surface area contributed by atoms with Crippen molar-refractivity contribution in [2.45, 2.75) is 13.8 Å². The number of benzene rings is 2. The number of furan rings is 1. The van der Waals surface area contributed by atoms with Crippen LogP contribution in [-0.4, -0.2) is 11.8 Å². The SMILES string of the molecule is Cc1ccc(NC(=O)C(=Cc2ccc(C)o2)NC(=O)c2ccccc2)cc1. The summed E-state index contributed by atoms with van der Waals surface area (Å²) in [6.07, 6.45) is 1.51. The zero-order valence-corrected chi connectivity index (χ0v) is 15.2. The summed E-state index contributed by atoms with van der Waals surface area (Å²) in [5.41, 5.74) is 2.29. The van der Waals surface area contributed by atoms with Crippen molar-refractivity contribution in [3.63, 3.8) is 0 Å². The van der Waals surface area contributed by atoms with E-state index in [9.17, 15) is 9.59 Å². The molecule has 0 unspecified atom stereocenters. The number of rotatable bonds is 5. The molecule has 1 heterocycles. The maximum atomic E-state index is 12.7. The second kappa shape index (κ2) is 8.19. The molecule has 0 bridgehead atoms. The van der Waals surface area contributed by atoms with Gasteiger partial charge in [0.05, 0.1) is 0 Å². The van der Waals surface area contributed by atoms with Crippen LogP contribution >= 0.6 is 0 Å². The number of carbonyl (C=O) groups excluding carboxylic acids is 2. The Kier molecular flexibility index (Phi) is 5.52. The zero-order valence-electron chi connectivity index (χ0n) is 15.2. The van der Waals surface area contributed by atoms with E-state index < -0.39 is 5.91 Å². The van der Waals surface area contributed by atoms with Gasteiger partial charge in [0.15, 0.2) is 0 Å². The summed E-state index contributed by atoms with van der Waals surface area (Å²) in [6, 6.07) is 19.7. The summed E-state index contributed by atoms with van der Waals surface area (Å²) in [5.74, 6) is 0.394. The van der Waals surface area contributed by atoms with E-state index >= 15 is 0 Å². The van der Waals surface area contributed by atoms with E-state index in [1.54, 1.807) is 48.5 Å². The van der Waals surface area contributed by atoms with Crippen molar-refractivity contribution in [2.24, 2.45) is 0 Å². The first-order valence-electron chi connectivity index (χ1n) is 8.54. The van der Waals surface area contributed by atoms with E-state index in [2.05, 4.69) is 10.6 Å². The molecule has 0 aliphatic carbocycles. The number of aryl methyl sites for hydroxylation is 2. The van der Waals surface area contributed by atoms with Crippen LogP contribution < -0.4 is 10.6 Å². The number of anilines is 1. The predicted octanol–water partition coefficient (Wildman–Crippen LogP) is 4.31. The second-order valence-electron chi connectivity index (χ2n) is 6.15. The number of amides is 2. The van der Waals surface area contributed by atoms with E-state index in [1.807, 2.05) is 32.0 Å². The molecular weight excluding hydrogens is 340 g/mol. The molecule has 3 rings (SSSR count). The van der Waals surface area contributed by atoms with Crippen LogP contribution in [0.3, 0.4) is 0 Å². The van der Waals surface area contributed by atoms with Crippen LogP contribution in [0.25, 0.3) is 6.08 Å². The highest BCUT2D eigenvalue weighted by atomic mass is 16.3. The Morgan fingerprint density at radius 3 is 2.22 bits per heavy atom. The average Bonchev–Trinajstić information content (AvgIpc) is 3.08. The van der Waals surface area contributed by atoms with Gasteiger partial charge in [0.25, 0.3) is 11.8 Å². The van der Waals surface area contributed by atoms with Crippen molar-refractivity contribution >= 4 is 23.6 Å². The number of carbonyl (C=O) groups is 2. The Morgan fingerprint density at radius 2 is 1.59 bits per heavy atom. The lowest BCUT2D eigenvalue weighted by atomic mass is 10.2. The van der Waals surface area contributed by atoms with E-state index in [-0.39, 0.29) is 11.6 Å². The maximum absolute atomic E-state index is 12.7. The van der Waals surface area contributed by atoms with Gasteiger partial charge in [0, 0.05) is 17.3 Å². The molecule has 0 aliphatic rings. The van der Waals surface area contributed by atoms with E-state index in [0.29, 0.717) is 22.8 Å². The third kappa shape index (κ3) is 4.95. The molecule has 0 saturated heterocycles. The molecule has 2 amide bonds. The van der Waals surface area contributed by atoms with E-state index in [4.69, 9.17) is 4.42 Å². The molecule has 0 aliphatic heterocycles. The van der Waals surface area contributed by atoms with Crippen molar-refractivity contribution in [3.05, 3.63) is 95.1 Å². The molecular formula is C22H20N2O3. The Hall–Kier alpha value is -3.60. The first-order chi connectivity index (χ1) is 13.0. The Bertz CT molecular complexity index is 970. The summed E-state index contributed by atoms with van der Waals surface area (Å²) in [4.78, 5) is 25.2. The topological polar surface area (TPSA) is 71.3 Å². The highest BCUT2D eigenvalue weighted by molar-refractivity contribution is 6.10. The lowest BCUT2D eigenvalue weighted by molar-refractivity contribution is -0.113. The molecule has 2 N–H and O–H groups in total. The molecule has 2 aromatic carbocycles. The van der Waals surface area contributed by atoms with Crippen molar-refractivity contribution in [1.29, 1.82) is 0 Å². The van der Waals surface area contributed by atoms with Gasteiger partial charge in [-0.15, -0.1) is 0 Å². The molecule has 136 valence electrons. The van der Waals surface area contributed by atoms with Gasteiger partial charge in [0.2, 0.25) is 0 Å². The summed E-state index contributed by atoms with van der Waals surface area (Å²) >= 11 is 0. The summed E-state index contributed by atoms with van der Waals surface area (Å²) < 4.78 is 5.51. The van der Waals surface area contributed by atoms with Gasteiger partial charge in [-0.05, 0) is 50.2 Å². The second-order valence-corrected chi connectivity index (χ2v) is 6.15. The summed E-state index contributed by atoms with van der Waals surface area (Å²) in [5, 5.41) is 5.46. The van der Waals surface area contributed by atoms with Crippen LogP contribution in [0, 0.1) is 13.8 Å². The average molecular weight is 360 g/mol. The fourth-order valence-corrected chi connectivity index (χ4v) is 2.45. The fourth-order valence-electron chi connectivity index (χ4n) is 2.45. The highest BCUT2D eigenvalue weighted by Crippen LogP contribution is 2.14. The van der Waals surface area contributed by atoms with Gasteiger partial charge in [0.1, 0.15) is 17.2 Å². The smallest absolute Gasteiger partial charge is 0.272 e. The molecule has 0 atom stereocenters. The van der Waals surface area contributed by atoms with Gasteiger partial charge in [-0.2, -0.15) is 0 Å². The predicted molar refractivity (Wildman–Crippen MR) is 105 cm³/mol. The molecule has 0 fully saturated rings. The van der Waals surface area contributed by atoms with Crippen molar-refractivity contribution in [3.8, 4) is 0 Å². The minimum absolute atomic E-state index is 0.0961. The first kappa shape index (κ1) is 18.2. The van der Waals surface area contributed by atoms with Gasteiger partial charge in [-0.1, -0.05) is 35.9 Å². The standard InChI is InChI=1S/C22H20N2O3/c1-15-8-11-18(12-9-15)23-22(26)20(14-19-13-10-16(2)27-19)24-21(25)17-6-4-3-5-7-17/h3-14H,1-2H3,(H,23,26)(H,24,25). The van der Waals surface area contributed by atoms with Crippen LogP contribution in [0.2, 0.25) is 0 Å². The van der Waals surface area contributed by atoms with Gasteiger partial charge < -0.3 is 15.1 Å². The summed E-state index contributed by atoms with van der Waals surface area (Å²) in [6.45, 7) is 3.78. The molecule has 0 radical (unpaired) electrons. The lowest BCUT2D eigenvalue weighted by Gasteiger charge is -2.11. The molecule has 1 aromatic heterocycles. The summed E-state index contributed by atoms with van der Waals surface area (Å²) in [7, 11) is 0. The minimum atomic E-state index is -0.433. The third-order valence-electron chi connectivity index (χ3n) is 3.89. The monoisotopic (exact) mass is 360 g/mol. The van der Waals surface area contributed by atoms with Crippen molar-refractivity contribution in [2.75, 3.05) is 5.32 Å². The van der Waals surface area contributed by atoms with Crippen LogP contribution in [0.4, 0.5) is 5.69 Å². The molecule has 0 saturated carbocycles. The van der Waals surface area contributed by atoms with Crippen LogP contribution in [0.1, 0.15) is 27.4 Å². The van der Waals surface area contributed by atoms with Gasteiger partial charge in [-0.3, -0.25) is 9.59 Å². The van der Waals surface area contributed by atoms with Gasteiger partial charge in [-0.25, -0.2) is 0 Å². The molecule has 5 nitrogen and oxygen atoms in total. The lowest BCUT2D eigenvalue weighted by Crippen LogP contribution is -2.30. The third-order valence-corrected chi connectivity index (χ3v) is 3.89. The fraction of sp³-hybridized carbons (Fsp3) is 0.0909. The van der Waals surface area contributed by atoms with Crippen molar-refractivity contribution < 1.29 is 14.0 Å². The van der Waals surface area contributed by atoms with Crippen LogP contribution in [-0.2, 0) is 4.79 Å². The molecule has 0 spiro atoms. The Labute approximate surface area is 157 Å². The number of hydrogen-bond acceptors (Lipinski definition) is 3. The van der Waals surface area contributed by atoms with Crippen LogP contribution in [0.5, 0.6) is 0 Å². The largest absolute Gasteiger partial charge is 0.462 e. The quantitative estimate of drug-likeness (QED) is 0.666. The van der Waals surface area contributed by atoms with E-state index in [1.165, 1.54) is 6.08 Å². The van der Waals surface area contributed by atoms with Crippen LogP contribution in [0.15, 0.2) is 76.8 Å². The molecule has 3 aromatic rings. The first-order valence-corrected chi connectivity index (χ1v) is 8.54.